The molecule has 1 rings (SSSR count). The van der Waals surface area contributed by atoms with Crippen LogP contribution in [0.2, 0.25) is 0 Å². The lowest BCUT2D eigenvalue weighted by molar-refractivity contribution is -0.146. The van der Waals surface area contributed by atoms with Crippen molar-refractivity contribution >= 4 is 5.97 Å². The second-order valence-corrected chi connectivity index (χ2v) is 3.45. The van der Waals surface area contributed by atoms with Crippen molar-refractivity contribution in [2.45, 2.75) is 31.5 Å². The van der Waals surface area contributed by atoms with Gasteiger partial charge in [-0.05, 0) is 12.8 Å². The first-order chi connectivity index (χ1) is 6.40. The zero-order valence-corrected chi connectivity index (χ0v) is 7.47. The van der Waals surface area contributed by atoms with Crippen LogP contribution in [0.1, 0.15) is 19.3 Å². The van der Waals surface area contributed by atoms with E-state index in [4.69, 9.17) is 5.11 Å². The van der Waals surface area contributed by atoms with Gasteiger partial charge in [0.05, 0.1) is 12.3 Å². The second-order valence-electron chi connectivity index (χ2n) is 3.45. The molecule has 0 spiro atoms. The summed E-state index contributed by atoms with van der Waals surface area (Å²) in [6.07, 6.45) is -3.88. The van der Waals surface area contributed by atoms with Gasteiger partial charge in [-0.3, -0.25) is 4.79 Å². The van der Waals surface area contributed by atoms with Crippen molar-refractivity contribution in [1.82, 2.24) is 5.32 Å². The third-order valence-electron chi connectivity index (χ3n) is 2.41. The van der Waals surface area contributed by atoms with Crippen LogP contribution in [0, 0.1) is 5.92 Å². The first kappa shape index (κ1) is 11.3. The van der Waals surface area contributed by atoms with Crippen LogP contribution in [0.5, 0.6) is 0 Å². The van der Waals surface area contributed by atoms with Crippen molar-refractivity contribution in [1.29, 1.82) is 0 Å². The standard InChI is InChI=1S/C8H12F3NO2/c9-8(10,11)3-4-12-6-2-1-5(6)7(13)14/h5-6,12H,1-4H2,(H,13,14). The smallest absolute Gasteiger partial charge is 0.390 e. The monoisotopic (exact) mass is 211 g/mol. The molecule has 0 aromatic heterocycles. The third-order valence-corrected chi connectivity index (χ3v) is 2.41. The molecule has 0 amide bonds. The normalized spacial score (nSPS) is 27.1. The predicted octanol–water partition coefficient (Wildman–Crippen LogP) is 1.39. The highest BCUT2D eigenvalue weighted by atomic mass is 19.4. The summed E-state index contributed by atoms with van der Waals surface area (Å²) in [4.78, 5) is 10.5. The fourth-order valence-electron chi connectivity index (χ4n) is 1.44. The van der Waals surface area contributed by atoms with Gasteiger partial charge < -0.3 is 10.4 Å². The molecule has 1 aliphatic carbocycles. The van der Waals surface area contributed by atoms with Gasteiger partial charge in [0.15, 0.2) is 0 Å². The number of rotatable bonds is 4. The summed E-state index contributed by atoms with van der Waals surface area (Å²) in [5, 5.41) is 11.2. The molecule has 3 nitrogen and oxygen atoms in total. The van der Waals surface area contributed by atoms with Gasteiger partial charge in [-0.25, -0.2) is 0 Å². The average molecular weight is 211 g/mol. The van der Waals surface area contributed by atoms with E-state index < -0.39 is 24.5 Å². The van der Waals surface area contributed by atoms with Gasteiger partial charge in [0.2, 0.25) is 0 Å². The number of aliphatic carboxylic acids is 1. The number of hydrogen-bond acceptors (Lipinski definition) is 2. The Kier molecular flexibility index (Phi) is 3.36. The third kappa shape index (κ3) is 3.17. The first-order valence-electron chi connectivity index (χ1n) is 4.43. The van der Waals surface area contributed by atoms with Crippen molar-refractivity contribution in [3.63, 3.8) is 0 Å². The van der Waals surface area contributed by atoms with Crippen LogP contribution in [-0.4, -0.2) is 29.8 Å². The summed E-state index contributed by atoms with van der Waals surface area (Å²) in [5.74, 6) is -1.44. The quantitative estimate of drug-likeness (QED) is 0.738. The zero-order chi connectivity index (χ0) is 10.8. The molecule has 0 saturated heterocycles. The summed E-state index contributed by atoms with van der Waals surface area (Å²) in [6, 6.07) is -0.283. The van der Waals surface area contributed by atoms with Crippen molar-refractivity contribution in [2.24, 2.45) is 5.92 Å². The topological polar surface area (TPSA) is 49.3 Å². The molecule has 82 valence electrons. The summed E-state index contributed by atoms with van der Waals surface area (Å²) in [5.41, 5.74) is 0. The number of carbonyl (C=O) groups is 1. The Balaban J connectivity index is 2.17. The molecule has 0 bridgehead atoms. The lowest BCUT2D eigenvalue weighted by Crippen LogP contribution is -2.48. The summed E-state index contributed by atoms with van der Waals surface area (Å²) in [7, 11) is 0. The highest BCUT2D eigenvalue weighted by Crippen LogP contribution is 2.28. The van der Waals surface area contributed by atoms with Crippen LogP contribution in [0.4, 0.5) is 13.2 Å². The fourth-order valence-corrected chi connectivity index (χ4v) is 1.44. The fraction of sp³-hybridized carbons (Fsp3) is 0.875. The van der Waals surface area contributed by atoms with Crippen LogP contribution in [0.3, 0.4) is 0 Å². The first-order valence-corrected chi connectivity index (χ1v) is 4.43. The molecule has 0 aromatic carbocycles. The van der Waals surface area contributed by atoms with Gasteiger partial charge in [-0.1, -0.05) is 0 Å². The molecule has 2 unspecified atom stereocenters. The molecule has 6 heteroatoms. The molecule has 14 heavy (non-hydrogen) atoms. The van der Waals surface area contributed by atoms with Crippen LogP contribution in [0.25, 0.3) is 0 Å². The molecular weight excluding hydrogens is 199 g/mol. The highest BCUT2D eigenvalue weighted by molar-refractivity contribution is 5.72. The van der Waals surface area contributed by atoms with E-state index in [0.29, 0.717) is 12.8 Å². The van der Waals surface area contributed by atoms with Crippen LogP contribution in [-0.2, 0) is 4.79 Å². The van der Waals surface area contributed by atoms with Crippen molar-refractivity contribution in [2.75, 3.05) is 6.54 Å². The maximum Gasteiger partial charge on any atom is 0.390 e. The SMILES string of the molecule is O=C(O)C1CCC1NCCC(F)(F)F. The van der Waals surface area contributed by atoms with E-state index in [0.717, 1.165) is 0 Å². The number of hydrogen-bond donors (Lipinski definition) is 2. The number of alkyl halides is 3. The number of nitrogens with one attached hydrogen (secondary N) is 1. The largest absolute Gasteiger partial charge is 0.481 e. The molecule has 0 radical (unpaired) electrons. The molecule has 0 heterocycles. The average Bonchev–Trinajstić information content (AvgIpc) is 1.92. The number of carboxylic acids is 1. The molecule has 1 saturated carbocycles. The number of halogens is 3. The minimum Gasteiger partial charge on any atom is -0.481 e. The van der Waals surface area contributed by atoms with Crippen LogP contribution >= 0.6 is 0 Å². The Bertz CT molecular complexity index is 217. The van der Waals surface area contributed by atoms with Crippen LogP contribution in [0.15, 0.2) is 0 Å². The van der Waals surface area contributed by atoms with E-state index in [1.165, 1.54) is 0 Å². The second kappa shape index (κ2) is 4.16. The molecule has 2 N–H and O–H groups in total. The number of carboxylic acid groups (broad SMARTS) is 1. The van der Waals surface area contributed by atoms with E-state index in [9.17, 15) is 18.0 Å². The summed E-state index contributed by atoms with van der Waals surface area (Å²) < 4.78 is 35.2. The van der Waals surface area contributed by atoms with Crippen molar-refractivity contribution < 1.29 is 23.1 Å². The Morgan fingerprint density at radius 1 is 1.43 bits per heavy atom. The van der Waals surface area contributed by atoms with Gasteiger partial charge in [-0.2, -0.15) is 13.2 Å². The highest BCUT2D eigenvalue weighted by Gasteiger charge is 2.36. The maximum atomic E-state index is 11.7. The molecular formula is C8H12F3NO2. The molecule has 0 aromatic rings. The minimum absolute atomic E-state index is 0.196. The van der Waals surface area contributed by atoms with Gasteiger partial charge in [-0.15, -0.1) is 0 Å². The zero-order valence-electron chi connectivity index (χ0n) is 7.47. The lowest BCUT2D eigenvalue weighted by atomic mass is 9.79. The Morgan fingerprint density at radius 2 is 2.07 bits per heavy atom. The van der Waals surface area contributed by atoms with E-state index in [-0.39, 0.29) is 12.6 Å². The van der Waals surface area contributed by atoms with Gasteiger partial charge in [0, 0.05) is 12.6 Å². The minimum atomic E-state index is -4.17. The molecule has 2 atom stereocenters. The molecule has 1 aliphatic rings. The molecule has 1 fully saturated rings. The predicted molar refractivity (Wildman–Crippen MR) is 42.8 cm³/mol. The lowest BCUT2D eigenvalue weighted by Gasteiger charge is -2.34. The van der Waals surface area contributed by atoms with E-state index in [2.05, 4.69) is 5.32 Å². The van der Waals surface area contributed by atoms with Crippen molar-refractivity contribution in [3.8, 4) is 0 Å². The maximum absolute atomic E-state index is 11.7. The van der Waals surface area contributed by atoms with Crippen molar-refractivity contribution in [3.05, 3.63) is 0 Å². The van der Waals surface area contributed by atoms with Gasteiger partial charge in [0.25, 0.3) is 0 Å². The van der Waals surface area contributed by atoms with Gasteiger partial charge >= 0.3 is 12.1 Å². The molecule has 0 aliphatic heterocycles. The van der Waals surface area contributed by atoms with E-state index in [1.54, 1.807) is 0 Å². The Labute approximate surface area is 79.3 Å². The van der Waals surface area contributed by atoms with E-state index in [1.807, 2.05) is 0 Å². The Hall–Kier alpha value is -0.780. The summed E-state index contributed by atoms with van der Waals surface area (Å²) in [6.45, 7) is -0.196. The Morgan fingerprint density at radius 3 is 2.43 bits per heavy atom. The van der Waals surface area contributed by atoms with E-state index >= 15 is 0 Å². The van der Waals surface area contributed by atoms with Crippen LogP contribution < -0.4 is 5.32 Å². The van der Waals surface area contributed by atoms with Gasteiger partial charge in [0.1, 0.15) is 0 Å². The summed E-state index contributed by atoms with van der Waals surface area (Å²) >= 11 is 0.